The molecule has 4 aromatic rings. The fourth-order valence-corrected chi connectivity index (χ4v) is 5.47. The highest BCUT2D eigenvalue weighted by molar-refractivity contribution is 7.96. The molecule has 1 unspecified atom stereocenters. The lowest BCUT2D eigenvalue weighted by molar-refractivity contribution is 0.172. The lowest BCUT2D eigenvalue weighted by Crippen LogP contribution is -2.44. The van der Waals surface area contributed by atoms with Crippen LogP contribution in [0.3, 0.4) is 0 Å². The minimum absolute atomic E-state index is 0.195. The third-order valence-electron chi connectivity index (χ3n) is 5.67. The second-order valence-corrected chi connectivity index (χ2v) is 10.3. The summed E-state index contributed by atoms with van der Waals surface area (Å²) in [6.45, 7) is 1.86. The molecule has 3 atom stereocenters. The number of hydrogen-bond donors (Lipinski definition) is 2. The first kappa shape index (κ1) is 21.7. The quantitative estimate of drug-likeness (QED) is 0.289. The maximum absolute atomic E-state index is 13.2. The zero-order chi connectivity index (χ0) is 23.0. The first-order chi connectivity index (χ1) is 15.9. The Kier molecular flexibility index (Phi) is 5.69. The van der Waals surface area contributed by atoms with Crippen molar-refractivity contribution < 1.29 is 17.9 Å². The number of nitrogens with zero attached hydrogens (tertiary/aromatic N) is 3. The van der Waals surface area contributed by atoms with Crippen LogP contribution in [0.5, 0.6) is 5.75 Å². The number of ether oxygens (including phenoxy) is 1. The highest BCUT2D eigenvalue weighted by Crippen LogP contribution is 2.33. The minimum Gasteiger partial charge on any atom is -0.484 e. The lowest BCUT2D eigenvalue weighted by Gasteiger charge is -2.25. The minimum atomic E-state index is -3.12. The zero-order valence-corrected chi connectivity index (χ0v) is 18.8. The molecule has 170 valence electrons. The van der Waals surface area contributed by atoms with Gasteiger partial charge in [0, 0.05) is 18.2 Å². The molecular formula is C24H24FN4O3S+. The van der Waals surface area contributed by atoms with Crippen LogP contribution >= 0.6 is 0 Å². The molecular weight excluding hydrogens is 443 g/mol. The average Bonchev–Trinajstić information content (AvgIpc) is 3.60. The van der Waals surface area contributed by atoms with Crippen LogP contribution in [0, 0.1) is 5.95 Å². The molecule has 0 saturated heterocycles. The molecule has 5 rings (SSSR count). The second-order valence-electron chi connectivity index (χ2n) is 8.24. The summed E-state index contributed by atoms with van der Waals surface area (Å²) in [5.41, 5.74) is 2.37. The highest BCUT2D eigenvalue weighted by Gasteiger charge is 2.49. The van der Waals surface area contributed by atoms with Gasteiger partial charge in [0.05, 0.1) is 29.6 Å². The number of halogens is 1. The van der Waals surface area contributed by atoms with Gasteiger partial charge < -0.3 is 4.74 Å². The molecule has 2 N–H and O–H groups in total. The summed E-state index contributed by atoms with van der Waals surface area (Å²) in [5.74, 6) is 0.0618. The zero-order valence-electron chi connectivity index (χ0n) is 18.0. The van der Waals surface area contributed by atoms with Crippen LogP contribution in [0.25, 0.3) is 16.6 Å². The topological polar surface area (TPSA) is 89.3 Å². The van der Waals surface area contributed by atoms with Gasteiger partial charge in [-0.25, -0.2) is 9.67 Å². The molecule has 1 aliphatic rings. The fourth-order valence-electron chi connectivity index (χ4n) is 3.84. The maximum Gasteiger partial charge on any atom is 0.291 e. The van der Waals surface area contributed by atoms with Crippen LogP contribution in [0.15, 0.2) is 73.1 Å². The van der Waals surface area contributed by atoms with Gasteiger partial charge >= 0.3 is 0 Å². The van der Waals surface area contributed by atoms with Crippen molar-refractivity contribution in [3.05, 3.63) is 84.6 Å². The van der Waals surface area contributed by atoms with Crippen molar-refractivity contribution in [3.8, 4) is 11.4 Å². The highest BCUT2D eigenvalue weighted by atomic mass is 32.3. The third kappa shape index (κ3) is 4.66. The Bertz CT molecular complexity index is 1310. The summed E-state index contributed by atoms with van der Waals surface area (Å²) in [5, 5.41) is 5.04. The molecule has 0 aliphatic heterocycles. The maximum atomic E-state index is 13.2. The number of nitrogens with one attached hydrogen (secondary N) is 1. The van der Waals surface area contributed by atoms with Crippen LogP contribution in [-0.2, 0) is 14.6 Å². The summed E-state index contributed by atoms with van der Waals surface area (Å²) in [6, 6.07) is 17.7. The Labute approximate surface area is 192 Å². The standard InChI is InChI=1S/C24H23FN4O3S/c1-16(28-33(30,31)21-9-10-21)24(17-5-3-2-4-6-17)32-20-8-11-22-18(13-20)14-27-29(22)19-7-12-23(25)26-15-19/h2-8,11-16,21,24H,9-10H2,1H3,(H-,28,30,31)/p+1/t16-,24-/m0/s1. The molecule has 0 radical (unpaired) electrons. The number of fused-ring (bicyclic) bond motifs is 1. The molecule has 33 heavy (non-hydrogen) atoms. The van der Waals surface area contributed by atoms with Crippen LogP contribution in [0.1, 0.15) is 31.4 Å². The first-order valence-corrected chi connectivity index (χ1v) is 12.3. The van der Waals surface area contributed by atoms with Crippen molar-refractivity contribution in [1.82, 2.24) is 19.5 Å². The molecule has 1 saturated carbocycles. The van der Waals surface area contributed by atoms with E-state index in [1.165, 1.54) is 12.3 Å². The van der Waals surface area contributed by atoms with E-state index >= 15 is 0 Å². The molecule has 2 aromatic heterocycles. The van der Waals surface area contributed by atoms with Gasteiger partial charge in [0.25, 0.3) is 10.4 Å². The van der Waals surface area contributed by atoms with Crippen molar-refractivity contribution in [2.24, 2.45) is 0 Å². The van der Waals surface area contributed by atoms with Gasteiger partial charge in [0.2, 0.25) is 5.95 Å². The van der Waals surface area contributed by atoms with Crippen molar-refractivity contribution in [2.75, 3.05) is 0 Å². The van der Waals surface area contributed by atoms with Crippen molar-refractivity contribution in [1.29, 1.82) is 0 Å². The van der Waals surface area contributed by atoms with Crippen molar-refractivity contribution >= 4 is 21.3 Å². The van der Waals surface area contributed by atoms with E-state index in [2.05, 4.69) is 14.8 Å². The van der Waals surface area contributed by atoms with E-state index < -0.39 is 28.5 Å². The van der Waals surface area contributed by atoms with E-state index in [9.17, 15) is 13.2 Å². The molecule has 1 aliphatic carbocycles. The van der Waals surface area contributed by atoms with E-state index in [-0.39, 0.29) is 5.25 Å². The van der Waals surface area contributed by atoms with Crippen molar-refractivity contribution in [2.45, 2.75) is 37.2 Å². The first-order valence-electron chi connectivity index (χ1n) is 10.7. The van der Waals surface area contributed by atoms with E-state index in [4.69, 9.17) is 4.74 Å². The summed E-state index contributed by atoms with van der Waals surface area (Å²) < 4.78 is 47.1. The fraction of sp³-hybridized carbons (Fsp3) is 0.250. The molecule has 1 fully saturated rings. The smallest absolute Gasteiger partial charge is 0.291 e. The molecule has 7 nitrogen and oxygen atoms in total. The van der Waals surface area contributed by atoms with Crippen molar-refractivity contribution in [3.63, 3.8) is 0 Å². The summed E-state index contributed by atoms with van der Waals surface area (Å²) in [4.78, 5) is 3.69. The van der Waals surface area contributed by atoms with Gasteiger partial charge in [-0.05, 0) is 47.0 Å². The monoisotopic (exact) mass is 467 g/mol. The molecule has 2 aromatic carbocycles. The predicted octanol–water partition coefficient (Wildman–Crippen LogP) is 4.71. The number of aromatic nitrogens is 3. The SMILES string of the molecule is C[C@H](N[S+](=O)(O)C1CC1)[C@H](Oc1ccc2c(cnn2-c2ccc(F)nc2)c1)c1ccccc1. The summed E-state index contributed by atoms with van der Waals surface area (Å²) >= 11 is 0. The van der Waals surface area contributed by atoms with E-state index in [1.54, 1.807) is 16.9 Å². The Morgan fingerprint density at radius 3 is 2.64 bits per heavy atom. The van der Waals surface area contributed by atoms with Gasteiger partial charge in [-0.1, -0.05) is 30.3 Å². The van der Waals surface area contributed by atoms with Crippen LogP contribution in [-0.4, -0.2) is 30.6 Å². The van der Waals surface area contributed by atoms with E-state index in [0.717, 1.165) is 29.3 Å². The Hall–Kier alpha value is -3.14. The number of rotatable bonds is 8. The Morgan fingerprint density at radius 2 is 1.94 bits per heavy atom. The van der Waals surface area contributed by atoms with Crippen LogP contribution < -0.4 is 9.46 Å². The molecule has 2 heterocycles. The van der Waals surface area contributed by atoms with Gasteiger partial charge in [-0.3, -0.25) is 0 Å². The van der Waals surface area contributed by atoms with Gasteiger partial charge in [-0.2, -0.15) is 14.0 Å². The average molecular weight is 468 g/mol. The normalized spacial score (nSPS) is 17.4. The number of hydrogen-bond acceptors (Lipinski definition) is 4. The van der Waals surface area contributed by atoms with Gasteiger partial charge in [0.15, 0.2) is 5.25 Å². The molecule has 0 amide bonds. The third-order valence-corrected chi connectivity index (χ3v) is 7.76. The van der Waals surface area contributed by atoms with E-state index in [0.29, 0.717) is 11.4 Å². The predicted molar refractivity (Wildman–Crippen MR) is 125 cm³/mol. The molecule has 0 bridgehead atoms. The second kappa shape index (κ2) is 8.66. The number of benzene rings is 2. The Morgan fingerprint density at radius 1 is 1.15 bits per heavy atom. The Balaban J connectivity index is 1.43. The van der Waals surface area contributed by atoms with Crippen LogP contribution in [0.2, 0.25) is 0 Å². The largest absolute Gasteiger partial charge is 0.484 e. The lowest BCUT2D eigenvalue weighted by atomic mass is 10.0. The van der Waals surface area contributed by atoms with Gasteiger partial charge in [0.1, 0.15) is 11.9 Å². The molecule has 9 heteroatoms. The summed E-state index contributed by atoms with van der Waals surface area (Å²) in [7, 11) is -3.12. The van der Waals surface area contributed by atoms with E-state index in [1.807, 2.05) is 55.5 Å². The van der Waals surface area contributed by atoms with Crippen LogP contribution in [0.4, 0.5) is 4.39 Å². The summed E-state index contributed by atoms with van der Waals surface area (Å²) in [6.07, 6.45) is 4.17. The number of pyridine rings is 1. The van der Waals surface area contributed by atoms with Gasteiger partial charge in [-0.15, -0.1) is 4.72 Å². The molecule has 0 spiro atoms.